The van der Waals surface area contributed by atoms with Crippen LogP contribution in [0.1, 0.15) is 46.0 Å². The molecule has 0 amide bonds. The lowest BCUT2D eigenvalue weighted by molar-refractivity contribution is 0.573. The van der Waals surface area contributed by atoms with E-state index in [1.165, 1.54) is 25.7 Å². The van der Waals surface area contributed by atoms with Gasteiger partial charge in [-0.05, 0) is 25.0 Å². The van der Waals surface area contributed by atoms with Crippen molar-refractivity contribution in [3.8, 4) is 0 Å². The largest absolute Gasteiger partial charge is 0.397 e. The number of nitrogens with one attached hydrogen (secondary N) is 1. The molecule has 1 heterocycles. The minimum atomic E-state index is 0.530. The Hall–Kier alpha value is -1.25. The zero-order valence-corrected chi connectivity index (χ0v) is 10.4. The van der Waals surface area contributed by atoms with Crippen LogP contribution in [0, 0.1) is 0 Å². The highest BCUT2D eigenvalue weighted by atomic mass is 15.0. The number of rotatable bonds is 7. The number of nitrogen functional groups attached to an aromatic ring is 1. The first kappa shape index (κ1) is 12.8. The van der Waals surface area contributed by atoms with E-state index < -0.39 is 0 Å². The molecule has 0 saturated heterocycles. The molecule has 1 rings (SSSR count). The maximum absolute atomic E-state index is 5.60. The van der Waals surface area contributed by atoms with Crippen molar-refractivity contribution >= 4 is 11.5 Å². The molecule has 0 bridgehead atoms. The summed E-state index contributed by atoms with van der Waals surface area (Å²) < 4.78 is 0. The van der Waals surface area contributed by atoms with Crippen LogP contribution in [0.3, 0.4) is 0 Å². The Morgan fingerprint density at radius 3 is 2.69 bits per heavy atom. The van der Waals surface area contributed by atoms with Crippen LogP contribution in [0.4, 0.5) is 11.5 Å². The van der Waals surface area contributed by atoms with Crippen molar-refractivity contribution in [3.63, 3.8) is 0 Å². The molecule has 1 atom stereocenters. The first-order valence-corrected chi connectivity index (χ1v) is 6.24. The van der Waals surface area contributed by atoms with Crippen LogP contribution < -0.4 is 11.1 Å². The van der Waals surface area contributed by atoms with Crippen molar-refractivity contribution in [2.75, 3.05) is 11.1 Å². The molecular formula is C13H23N3. The summed E-state index contributed by atoms with van der Waals surface area (Å²) in [5, 5.41) is 3.45. The standard InChI is InChI=1S/C13H23N3/c1-3-5-6-7-12(4-2)16-13-9-8-11(14)10-15-13/h8-10,12H,3-7,14H2,1-2H3,(H,15,16). The van der Waals surface area contributed by atoms with Gasteiger partial charge in [0.05, 0.1) is 11.9 Å². The summed E-state index contributed by atoms with van der Waals surface area (Å²) in [6.45, 7) is 4.44. The van der Waals surface area contributed by atoms with Gasteiger partial charge in [0, 0.05) is 6.04 Å². The van der Waals surface area contributed by atoms with E-state index in [4.69, 9.17) is 5.73 Å². The Kier molecular flexibility index (Phi) is 5.68. The second kappa shape index (κ2) is 7.09. The molecule has 1 unspecified atom stereocenters. The monoisotopic (exact) mass is 221 g/mol. The van der Waals surface area contributed by atoms with E-state index in [1.807, 2.05) is 12.1 Å². The highest BCUT2D eigenvalue weighted by Gasteiger charge is 2.05. The molecule has 90 valence electrons. The quantitative estimate of drug-likeness (QED) is 0.693. The van der Waals surface area contributed by atoms with Gasteiger partial charge in [-0.1, -0.05) is 33.1 Å². The number of anilines is 2. The third-order valence-corrected chi connectivity index (χ3v) is 2.79. The number of hydrogen-bond acceptors (Lipinski definition) is 3. The van der Waals surface area contributed by atoms with E-state index in [0.717, 1.165) is 12.2 Å². The minimum Gasteiger partial charge on any atom is -0.397 e. The molecule has 3 heteroatoms. The number of nitrogens with two attached hydrogens (primary N) is 1. The van der Waals surface area contributed by atoms with Crippen LogP contribution in [0.15, 0.2) is 18.3 Å². The van der Waals surface area contributed by atoms with Crippen molar-refractivity contribution in [1.29, 1.82) is 0 Å². The minimum absolute atomic E-state index is 0.530. The summed E-state index contributed by atoms with van der Waals surface area (Å²) >= 11 is 0. The maximum Gasteiger partial charge on any atom is 0.126 e. The molecule has 0 aromatic carbocycles. The molecule has 0 aliphatic carbocycles. The number of pyridine rings is 1. The third-order valence-electron chi connectivity index (χ3n) is 2.79. The SMILES string of the molecule is CCCCCC(CC)Nc1ccc(N)cn1. The van der Waals surface area contributed by atoms with E-state index in [0.29, 0.717) is 11.7 Å². The highest BCUT2D eigenvalue weighted by Crippen LogP contribution is 2.13. The van der Waals surface area contributed by atoms with Gasteiger partial charge in [0.25, 0.3) is 0 Å². The van der Waals surface area contributed by atoms with Gasteiger partial charge < -0.3 is 11.1 Å². The van der Waals surface area contributed by atoms with Crippen molar-refractivity contribution in [2.45, 2.75) is 52.0 Å². The molecule has 0 radical (unpaired) electrons. The van der Waals surface area contributed by atoms with Gasteiger partial charge in [-0.25, -0.2) is 4.98 Å². The van der Waals surface area contributed by atoms with Crippen LogP contribution in [-0.2, 0) is 0 Å². The van der Waals surface area contributed by atoms with Gasteiger partial charge in [-0.3, -0.25) is 0 Å². The summed E-state index contributed by atoms with van der Waals surface area (Å²) in [6.07, 6.45) is 7.92. The summed E-state index contributed by atoms with van der Waals surface area (Å²) in [6, 6.07) is 4.36. The van der Waals surface area contributed by atoms with Gasteiger partial charge in [-0.2, -0.15) is 0 Å². The molecule has 0 aliphatic rings. The maximum atomic E-state index is 5.60. The first-order valence-electron chi connectivity index (χ1n) is 6.24. The van der Waals surface area contributed by atoms with Crippen molar-refractivity contribution in [2.24, 2.45) is 0 Å². The fourth-order valence-electron chi connectivity index (χ4n) is 1.72. The molecule has 1 aromatic heterocycles. The predicted octanol–water partition coefficient (Wildman–Crippen LogP) is 3.43. The molecule has 0 saturated carbocycles. The Labute approximate surface area is 98.5 Å². The summed E-state index contributed by atoms with van der Waals surface area (Å²) in [4.78, 5) is 4.26. The normalized spacial score (nSPS) is 12.4. The first-order chi connectivity index (χ1) is 7.76. The Morgan fingerprint density at radius 1 is 1.31 bits per heavy atom. The second-order valence-corrected chi connectivity index (χ2v) is 4.22. The lowest BCUT2D eigenvalue weighted by atomic mass is 10.1. The van der Waals surface area contributed by atoms with Crippen LogP contribution >= 0.6 is 0 Å². The van der Waals surface area contributed by atoms with E-state index in [2.05, 4.69) is 24.1 Å². The van der Waals surface area contributed by atoms with E-state index >= 15 is 0 Å². The molecular weight excluding hydrogens is 198 g/mol. The van der Waals surface area contributed by atoms with Crippen LogP contribution in [-0.4, -0.2) is 11.0 Å². The molecule has 3 N–H and O–H groups in total. The van der Waals surface area contributed by atoms with Crippen LogP contribution in [0.25, 0.3) is 0 Å². The van der Waals surface area contributed by atoms with Crippen molar-refractivity contribution < 1.29 is 0 Å². The second-order valence-electron chi connectivity index (χ2n) is 4.22. The Bertz CT molecular complexity index is 282. The third kappa shape index (κ3) is 4.51. The van der Waals surface area contributed by atoms with E-state index in [-0.39, 0.29) is 0 Å². The fraction of sp³-hybridized carbons (Fsp3) is 0.615. The van der Waals surface area contributed by atoms with Crippen molar-refractivity contribution in [3.05, 3.63) is 18.3 Å². The van der Waals surface area contributed by atoms with Gasteiger partial charge in [0.15, 0.2) is 0 Å². The molecule has 16 heavy (non-hydrogen) atoms. The summed E-state index contributed by atoms with van der Waals surface area (Å²) in [5.41, 5.74) is 6.31. The number of nitrogens with zero attached hydrogens (tertiary/aromatic N) is 1. The molecule has 0 fully saturated rings. The molecule has 0 spiro atoms. The number of aromatic nitrogens is 1. The van der Waals surface area contributed by atoms with Gasteiger partial charge >= 0.3 is 0 Å². The summed E-state index contributed by atoms with van der Waals surface area (Å²) in [5.74, 6) is 0.928. The predicted molar refractivity (Wildman–Crippen MR) is 70.5 cm³/mol. The van der Waals surface area contributed by atoms with Gasteiger partial charge in [-0.15, -0.1) is 0 Å². The average molecular weight is 221 g/mol. The van der Waals surface area contributed by atoms with E-state index in [1.54, 1.807) is 6.20 Å². The Balaban J connectivity index is 2.40. The highest BCUT2D eigenvalue weighted by molar-refractivity contribution is 5.44. The lowest BCUT2D eigenvalue weighted by Crippen LogP contribution is -2.19. The summed E-state index contributed by atoms with van der Waals surface area (Å²) in [7, 11) is 0. The molecule has 0 aliphatic heterocycles. The van der Waals surface area contributed by atoms with Crippen LogP contribution in [0.2, 0.25) is 0 Å². The van der Waals surface area contributed by atoms with E-state index in [9.17, 15) is 0 Å². The molecule has 1 aromatic rings. The Morgan fingerprint density at radius 2 is 2.12 bits per heavy atom. The number of unbranched alkanes of at least 4 members (excludes halogenated alkanes) is 2. The van der Waals surface area contributed by atoms with Crippen molar-refractivity contribution in [1.82, 2.24) is 4.98 Å². The lowest BCUT2D eigenvalue weighted by Gasteiger charge is -2.17. The van der Waals surface area contributed by atoms with Gasteiger partial charge in [0.2, 0.25) is 0 Å². The molecule has 3 nitrogen and oxygen atoms in total. The van der Waals surface area contributed by atoms with Gasteiger partial charge in [0.1, 0.15) is 5.82 Å². The topological polar surface area (TPSA) is 50.9 Å². The smallest absolute Gasteiger partial charge is 0.126 e. The fourth-order valence-corrected chi connectivity index (χ4v) is 1.72. The van der Waals surface area contributed by atoms with Crippen LogP contribution in [0.5, 0.6) is 0 Å². The zero-order chi connectivity index (χ0) is 11.8. The number of hydrogen-bond donors (Lipinski definition) is 2. The zero-order valence-electron chi connectivity index (χ0n) is 10.4. The average Bonchev–Trinajstić information content (AvgIpc) is 2.31.